The summed E-state index contributed by atoms with van der Waals surface area (Å²) in [6, 6.07) is 13.6. The molecule has 0 aliphatic carbocycles. The van der Waals surface area contributed by atoms with E-state index in [1.807, 2.05) is 30.3 Å². The van der Waals surface area contributed by atoms with Crippen molar-refractivity contribution in [1.29, 1.82) is 0 Å². The number of Topliss-reactive ketones (excluding diaryl/α,β-unsaturated/α-hetero) is 1. The van der Waals surface area contributed by atoms with Crippen molar-refractivity contribution in [3.05, 3.63) is 65.5 Å². The number of hydrogen-bond acceptors (Lipinski definition) is 2. The molecule has 90 valence electrons. The number of ketones is 1. The van der Waals surface area contributed by atoms with E-state index < -0.39 is 0 Å². The molecular weight excluding hydrogens is 229 g/mol. The molecule has 0 saturated heterocycles. The molecule has 2 aromatic carbocycles. The molecule has 0 spiro atoms. The van der Waals surface area contributed by atoms with Gasteiger partial charge in [-0.1, -0.05) is 24.3 Å². The molecule has 1 atom stereocenters. The summed E-state index contributed by atoms with van der Waals surface area (Å²) < 4.78 is 13.2. The molecule has 18 heavy (non-hydrogen) atoms. The Labute approximate surface area is 104 Å². The normalized spacial score (nSPS) is 18.1. The van der Waals surface area contributed by atoms with Crippen LogP contribution >= 0.6 is 0 Å². The number of carbonyl (C=O) groups excluding carboxylic acids is 1. The zero-order chi connectivity index (χ0) is 12.5. The van der Waals surface area contributed by atoms with Crippen LogP contribution in [0.25, 0.3) is 0 Å². The van der Waals surface area contributed by atoms with Crippen molar-refractivity contribution in [3.63, 3.8) is 0 Å². The van der Waals surface area contributed by atoms with Crippen molar-refractivity contribution < 1.29 is 9.18 Å². The summed E-state index contributed by atoms with van der Waals surface area (Å²) >= 11 is 0. The van der Waals surface area contributed by atoms with E-state index in [9.17, 15) is 9.18 Å². The number of rotatable bonds is 1. The van der Waals surface area contributed by atoms with E-state index in [2.05, 4.69) is 5.32 Å². The van der Waals surface area contributed by atoms with Gasteiger partial charge in [0.2, 0.25) is 0 Å². The zero-order valence-corrected chi connectivity index (χ0v) is 9.69. The molecule has 1 aliphatic heterocycles. The minimum Gasteiger partial charge on any atom is -0.377 e. The molecule has 0 aromatic heterocycles. The van der Waals surface area contributed by atoms with Crippen LogP contribution in [0, 0.1) is 5.82 Å². The van der Waals surface area contributed by atoms with Crippen LogP contribution in [-0.4, -0.2) is 5.78 Å². The minimum atomic E-state index is -0.277. The van der Waals surface area contributed by atoms with Gasteiger partial charge in [-0.15, -0.1) is 0 Å². The van der Waals surface area contributed by atoms with Crippen molar-refractivity contribution >= 4 is 11.5 Å². The van der Waals surface area contributed by atoms with E-state index in [4.69, 9.17) is 0 Å². The fourth-order valence-corrected chi connectivity index (χ4v) is 2.31. The molecule has 1 unspecified atom stereocenters. The number of fused-ring (bicyclic) bond motifs is 1. The fourth-order valence-electron chi connectivity index (χ4n) is 2.31. The van der Waals surface area contributed by atoms with Gasteiger partial charge in [-0.25, -0.2) is 4.39 Å². The first-order valence-corrected chi connectivity index (χ1v) is 5.88. The molecule has 0 amide bonds. The Morgan fingerprint density at radius 2 is 1.94 bits per heavy atom. The number of para-hydroxylation sites is 1. The van der Waals surface area contributed by atoms with Gasteiger partial charge in [0, 0.05) is 17.7 Å². The smallest absolute Gasteiger partial charge is 0.167 e. The lowest BCUT2D eigenvalue weighted by Gasteiger charge is -2.26. The Kier molecular flexibility index (Phi) is 2.59. The van der Waals surface area contributed by atoms with Crippen LogP contribution in [-0.2, 0) is 0 Å². The van der Waals surface area contributed by atoms with Crippen LogP contribution in [0.5, 0.6) is 0 Å². The molecule has 2 nitrogen and oxygen atoms in total. The summed E-state index contributed by atoms with van der Waals surface area (Å²) in [4.78, 5) is 12.0. The molecule has 0 bridgehead atoms. The molecule has 0 radical (unpaired) electrons. The number of halogens is 1. The number of benzene rings is 2. The highest BCUT2D eigenvalue weighted by molar-refractivity contribution is 6.03. The first-order valence-electron chi connectivity index (χ1n) is 5.88. The first kappa shape index (κ1) is 11.0. The SMILES string of the molecule is O=C1CC(c2cccc(F)c2)Nc2ccccc21. The van der Waals surface area contributed by atoms with Gasteiger partial charge in [0.1, 0.15) is 5.82 Å². The van der Waals surface area contributed by atoms with Crippen molar-refractivity contribution in [3.8, 4) is 0 Å². The second-order valence-electron chi connectivity index (χ2n) is 4.42. The highest BCUT2D eigenvalue weighted by Crippen LogP contribution is 2.32. The Hall–Kier alpha value is -2.16. The van der Waals surface area contributed by atoms with Crippen molar-refractivity contribution in [2.24, 2.45) is 0 Å². The van der Waals surface area contributed by atoms with Crippen molar-refractivity contribution in [1.82, 2.24) is 0 Å². The lowest BCUT2D eigenvalue weighted by atomic mass is 9.92. The van der Waals surface area contributed by atoms with E-state index in [-0.39, 0.29) is 17.6 Å². The summed E-state index contributed by atoms with van der Waals surface area (Å²) in [6.45, 7) is 0. The fraction of sp³-hybridized carbons (Fsp3) is 0.133. The molecule has 0 fully saturated rings. The van der Waals surface area contributed by atoms with Gasteiger partial charge in [-0.05, 0) is 29.8 Å². The number of nitrogens with one attached hydrogen (secondary N) is 1. The van der Waals surface area contributed by atoms with Crippen LogP contribution in [0.1, 0.15) is 28.4 Å². The van der Waals surface area contributed by atoms with Crippen LogP contribution in [0.15, 0.2) is 48.5 Å². The topological polar surface area (TPSA) is 29.1 Å². The van der Waals surface area contributed by atoms with Gasteiger partial charge in [-0.2, -0.15) is 0 Å². The molecule has 3 rings (SSSR count). The maximum atomic E-state index is 13.2. The third-order valence-corrected chi connectivity index (χ3v) is 3.20. The predicted molar refractivity (Wildman–Crippen MR) is 68.2 cm³/mol. The van der Waals surface area contributed by atoms with Crippen molar-refractivity contribution in [2.45, 2.75) is 12.5 Å². The Morgan fingerprint density at radius 3 is 2.78 bits per heavy atom. The van der Waals surface area contributed by atoms with Crippen LogP contribution < -0.4 is 5.32 Å². The predicted octanol–water partition coefficient (Wildman–Crippen LogP) is 3.57. The van der Waals surface area contributed by atoms with Gasteiger partial charge in [0.25, 0.3) is 0 Å². The standard InChI is InChI=1S/C15H12FNO/c16-11-5-3-4-10(8-11)14-9-15(18)12-6-1-2-7-13(12)17-14/h1-8,14,17H,9H2. The average molecular weight is 241 g/mol. The monoisotopic (exact) mass is 241 g/mol. The molecule has 2 aromatic rings. The summed E-state index contributed by atoms with van der Waals surface area (Å²) in [5.41, 5.74) is 2.34. The summed E-state index contributed by atoms with van der Waals surface area (Å²) in [5, 5.41) is 3.28. The summed E-state index contributed by atoms with van der Waals surface area (Å²) in [7, 11) is 0. The molecule has 1 N–H and O–H groups in total. The van der Waals surface area contributed by atoms with Gasteiger partial charge in [0.15, 0.2) is 5.78 Å². The van der Waals surface area contributed by atoms with Gasteiger partial charge < -0.3 is 5.32 Å². The zero-order valence-electron chi connectivity index (χ0n) is 9.69. The number of carbonyl (C=O) groups is 1. The molecular formula is C15H12FNO. The molecule has 1 aliphatic rings. The summed E-state index contributed by atoms with van der Waals surface area (Å²) in [6.07, 6.45) is 0.362. The van der Waals surface area contributed by atoms with Gasteiger partial charge in [0.05, 0.1) is 6.04 Å². The summed E-state index contributed by atoms with van der Waals surface area (Å²) in [5.74, 6) is -0.181. The quantitative estimate of drug-likeness (QED) is 0.827. The second kappa shape index (κ2) is 4.26. The maximum absolute atomic E-state index is 13.2. The number of anilines is 1. The van der Waals surface area contributed by atoms with Gasteiger partial charge in [-0.3, -0.25) is 4.79 Å². The van der Waals surface area contributed by atoms with E-state index in [1.165, 1.54) is 12.1 Å². The largest absolute Gasteiger partial charge is 0.377 e. The highest BCUT2D eigenvalue weighted by Gasteiger charge is 2.25. The Morgan fingerprint density at radius 1 is 1.11 bits per heavy atom. The third kappa shape index (κ3) is 1.88. The third-order valence-electron chi connectivity index (χ3n) is 3.20. The Bertz CT molecular complexity index is 609. The molecule has 3 heteroatoms. The maximum Gasteiger partial charge on any atom is 0.167 e. The Balaban J connectivity index is 1.97. The van der Waals surface area contributed by atoms with E-state index in [0.29, 0.717) is 12.0 Å². The van der Waals surface area contributed by atoms with Crippen LogP contribution in [0.3, 0.4) is 0 Å². The van der Waals surface area contributed by atoms with Gasteiger partial charge >= 0.3 is 0 Å². The van der Waals surface area contributed by atoms with Crippen molar-refractivity contribution in [2.75, 3.05) is 5.32 Å². The molecule has 1 heterocycles. The lowest BCUT2D eigenvalue weighted by Crippen LogP contribution is -2.22. The minimum absolute atomic E-state index is 0.0959. The highest BCUT2D eigenvalue weighted by atomic mass is 19.1. The second-order valence-corrected chi connectivity index (χ2v) is 4.42. The van der Waals surface area contributed by atoms with E-state index in [1.54, 1.807) is 6.07 Å². The van der Waals surface area contributed by atoms with E-state index in [0.717, 1.165) is 11.3 Å². The van der Waals surface area contributed by atoms with E-state index >= 15 is 0 Å². The first-order chi connectivity index (χ1) is 8.74. The average Bonchev–Trinajstić information content (AvgIpc) is 2.39. The number of hydrogen-bond donors (Lipinski definition) is 1. The molecule has 0 saturated carbocycles. The van der Waals surface area contributed by atoms with Crippen LogP contribution in [0.4, 0.5) is 10.1 Å². The lowest BCUT2D eigenvalue weighted by molar-refractivity contribution is 0.0972. The van der Waals surface area contributed by atoms with Crippen LogP contribution in [0.2, 0.25) is 0 Å².